The summed E-state index contributed by atoms with van der Waals surface area (Å²) < 4.78 is 54.2. The van der Waals surface area contributed by atoms with Gasteiger partial charge in [-0.25, -0.2) is 15.0 Å². The van der Waals surface area contributed by atoms with Gasteiger partial charge in [0, 0.05) is 49.4 Å². The summed E-state index contributed by atoms with van der Waals surface area (Å²) in [4.78, 5) is 14.9. The van der Waals surface area contributed by atoms with E-state index < -0.39 is 6.04 Å². The fourth-order valence-corrected chi connectivity index (χ4v) is 6.73. The molecule has 0 atom stereocenters. The summed E-state index contributed by atoms with van der Waals surface area (Å²) in [6.45, 7) is 0. The number of para-hydroxylation sites is 3. The third-order valence-electron chi connectivity index (χ3n) is 9.06. The molecular formula is C45H27N3O2. The molecule has 0 bridgehead atoms. The van der Waals surface area contributed by atoms with Crippen molar-refractivity contribution in [2.45, 2.75) is 0 Å². The van der Waals surface area contributed by atoms with E-state index in [0.29, 0.717) is 34.2 Å². The van der Waals surface area contributed by atoms with Gasteiger partial charge in [0.2, 0.25) is 0 Å². The molecule has 0 radical (unpaired) electrons. The number of nitrogens with zero attached hydrogens (tertiary/aromatic N) is 3. The molecule has 234 valence electrons. The van der Waals surface area contributed by atoms with Gasteiger partial charge in [-0.15, -0.1) is 0 Å². The normalized spacial score (nSPS) is 13.0. The van der Waals surface area contributed by atoms with E-state index in [1.807, 2.05) is 84.9 Å². The lowest BCUT2D eigenvalue weighted by Gasteiger charge is -2.10. The van der Waals surface area contributed by atoms with Gasteiger partial charge in [0.15, 0.2) is 17.5 Å². The predicted octanol–water partition coefficient (Wildman–Crippen LogP) is 12.0. The fraction of sp³-hybridized carbons (Fsp3) is 0. The van der Waals surface area contributed by atoms with Crippen LogP contribution in [0.15, 0.2) is 173 Å². The van der Waals surface area contributed by atoms with Crippen LogP contribution in [-0.2, 0) is 0 Å². The highest BCUT2D eigenvalue weighted by Gasteiger charge is 2.21. The van der Waals surface area contributed by atoms with Crippen molar-refractivity contribution in [1.29, 1.82) is 0 Å². The number of hydrogen-bond donors (Lipinski definition) is 0. The van der Waals surface area contributed by atoms with Crippen LogP contribution in [0.2, 0.25) is 0 Å². The van der Waals surface area contributed by atoms with Crippen LogP contribution >= 0.6 is 0 Å². The molecule has 0 fully saturated rings. The lowest BCUT2D eigenvalue weighted by atomic mass is 9.98. The molecule has 0 amide bonds. The van der Waals surface area contributed by atoms with Gasteiger partial charge in [-0.2, -0.15) is 0 Å². The molecule has 10 aromatic rings. The van der Waals surface area contributed by atoms with Gasteiger partial charge in [0.05, 0.1) is 6.85 Å². The van der Waals surface area contributed by atoms with E-state index in [1.165, 1.54) is 0 Å². The summed E-state index contributed by atoms with van der Waals surface area (Å²) in [6, 6.07) is 41.2. The maximum atomic E-state index is 8.45. The molecule has 0 saturated heterocycles. The molecule has 10 rings (SSSR count). The Kier molecular flexibility index (Phi) is 5.35. The Hall–Kier alpha value is -6.85. The van der Waals surface area contributed by atoms with Gasteiger partial charge in [-0.1, -0.05) is 152 Å². The Morgan fingerprint density at radius 3 is 1.70 bits per heavy atom. The first kappa shape index (κ1) is 23.5. The first-order valence-corrected chi connectivity index (χ1v) is 16.2. The number of benzene rings is 7. The summed E-state index contributed by atoms with van der Waals surface area (Å²) in [6.07, 6.45) is 0. The zero-order valence-electron chi connectivity index (χ0n) is 31.4. The molecular weight excluding hydrogens is 615 g/mol. The molecule has 50 heavy (non-hydrogen) atoms. The van der Waals surface area contributed by atoms with E-state index in [0.717, 1.165) is 60.5 Å². The van der Waals surface area contributed by atoms with Gasteiger partial charge in [-0.3, -0.25) is 0 Å². The van der Waals surface area contributed by atoms with Crippen molar-refractivity contribution in [3.63, 3.8) is 0 Å². The van der Waals surface area contributed by atoms with Gasteiger partial charge in [0.25, 0.3) is 0 Å². The minimum absolute atomic E-state index is 0.133. The highest BCUT2D eigenvalue weighted by Crippen LogP contribution is 2.43. The molecule has 0 aliphatic heterocycles. The van der Waals surface area contributed by atoms with Crippen molar-refractivity contribution in [2.24, 2.45) is 0 Å². The van der Waals surface area contributed by atoms with E-state index in [4.69, 9.17) is 30.6 Å². The molecule has 0 unspecified atom stereocenters. The van der Waals surface area contributed by atoms with Crippen LogP contribution in [0.4, 0.5) is 0 Å². The van der Waals surface area contributed by atoms with Crippen LogP contribution in [0.3, 0.4) is 0 Å². The lowest BCUT2D eigenvalue weighted by Crippen LogP contribution is -2.00. The summed E-state index contributed by atoms with van der Waals surface area (Å²) in [5.41, 5.74) is 7.74. The minimum Gasteiger partial charge on any atom is -0.455 e. The second kappa shape index (κ2) is 11.4. The van der Waals surface area contributed by atoms with Crippen molar-refractivity contribution >= 4 is 43.9 Å². The number of fused-ring (bicyclic) bond motifs is 6. The summed E-state index contributed by atoms with van der Waals surface area (Å²) in [5.74, 6) is 1.35. The zero-order chi connectivity index (χ0) is 37.4. The maximum absolute atomic E-state index is 8.45. The topological polar surface area (TPSA) is 65.0 Å². The lowest BCUT2D eigenvalue weighted by molar-refractivity contribution is 0.665. The largest absolute Gasteiger partial charge is 0.455 e. The summed E-state index contributed by atoms with van der Waals surface area (Å²) in [7, 11) is 0. The molecule has 7 aromatic carbocycles. The maximum Gasteiger partial charge on any atom is 0.164 e. The van der Waals surface area contributed by atoms with E-state index in [9.17, 15) is 0 Å². The monoisotopic (exact) mass is 646 g/mol. The van der Waals surface area contributed by atoms with Crippen molar-refractivity contribution in [3.8, 4) is 56.4 Å². The Labute approximate surface area is 294 Å². The number of aromatic nitrogens is 3. The molecule has 3 heterocycles. The highest BCUT2D eigenvalue weighted by atomic mass is 16.3. The van der Waals surface area contributed by atoms with Crippen molar-refractivity contribution in [2.75, 3.05) is 0 Å². The molecule has 5 heteroatoms. The first-order valence-electron chi connectivity index (χ1n) is 18.7. The Bertz CT molecular complexity index is 3130. The van der Waals surface area contributed by atoms with Gasteiger partial charge in [-0.05, 0) is 23.3 Å². The highest BCUT2D eigenvalue weighted by molar-refractivity contribution is 6.17. The van der Waals surface area contributed by atoms with Gasteiger partial charge >= 0.3 is 0 Å². The Morgan fingerprint density at radius 2 is 0.920 bits per heavy atom. The standard InChI is InChI=1S/C45H27N3O2/c1-3-12-28(13-4-1)29-24-26-31(27-25-29)44-46-43(30-14-5-2-6-15-30)47-45(48-44)37-21-11-23-39-40(37)36-20-10-19-35(42(36)50-39)34-18-9-17-33-32-16-7-8-22-38(32)49-41(33)34/h1-27H/i1D,3D,4D,12D,13D. The van der Waals surface area contributed by atoms with Crippen molar-refractivity contribution < 1.29 is 15.7 Å². The number of hydrogen-bond acceptors (Lipinski definition) is 5. The molecule has 5 nitrogen and oxygen atoms in total. The Morgan fingerprint density at radius 1 is 0.380 bits per heavy atom. The third-order valence-corrected chi connectivity index (χ3v) is 9.06. The summed E-state index contributed by atoms with van der Waals surface area (Å²) >= 11 is 0. The minimum atomic E-state index is -0.429. The van der Waals surface area contributed by atoms with Gasteiger partial charge < -0.3 is 8.83 Å². The van der Waals surface area contributed by atoms with Crippen molar-refractivity contribution in [1.82, 2.24) is 15.0 Å². The van der Waals surface area contributed by atoms with E-state index >= 15 is 0 Å². The number of rotatable bonds is 5. The molecule has 3 aromatic heterocycles. The molecule has 0 aliphatic carbocycles. The SMILES string of the molecule is [2H]c1c([2H])c([2H])c(-c2ccc(-c3nc(-c4ccccc4)nc(-c4cccc5oc6c(-c7cccc8c7oc7ccccc78)cccc6c45)n3)cc2)c([2H])c1[2H]. The van der Waals surface area contributed by atoms with E-state index in [2.05, 4.69) is 24.3 Å². The predicted molar refractivity (Wildman–Crippen MR) is 202 cm³/mol. The Balaban J connectivity index is 1.15. The second-order valence-electron chi connectivity index (χ2n) is 12.0. The quantitative estimate of drug-likeness (QED) is 0.186. The van der Waals surface area contributed by atoms with Crippen LogP contribution in [0, 0.1) is 0 Å². The smallest absolute Gasteiger partial charge is 0.164 e. The number of furan rings is 2. The van der Waals surface area contributed by atoms with Crippen LogP contribution < -0.4 is 0 Å². The van der Waals surface area contributed by atoms with E-state index in [1.54, 1.807) is 24.3 Å². The molecule has 0 spiro atoms. The summed E-state index contributed by atoms with van der Waals surface area (Å²) in [5, 5.41) is 3.86. The van der Waals surface area contributed by atoms with Gasteiger partial charge in [0.1, 0.15) is 22.3 Å². The molecule has 0 N–H and O–H groups in total. The third kappa shape index (κ3) is 4.60. The van der Waals surface area contributed by atoms with Crippen LogP contribution in [0.25, 0.3) is 100 Å². The van der Waals surface area contributed by atoms with Crippen LogP contribution in [0.1, 0.15) is 6.85 Å². The zero-order valence-corrected chi connectivity index (χ0v) is 26.4. The molecule has 0 saturated carbocycles. The average Bonchev–Trinajstić information content (AvgIpc) is 3.82. The fourth-order valence-electron chi connectivity index (χ4n) is 6.73. The van der Waals surface area contributed by atoms with E-state index in [-0.39, 0.29) is 29.7 Å². The van der Waals surface area contributed by atoms with Crippen LogP contribution in [-0.4, -0.2) is 15.0 Å². The average molecular weight is 647 g/mol. The second-order valence-corrected chi connectivity index (χ2v) is 12.0. The van der Waals surface area contributed by atoms with Crippen molar-refractivity contribution in [3.05, 3.63) is 164 Å². The molecule has 0 aliphatic rings. The van der Waals surface area contributed by atoms with Crippen LogP contribution in [0.5, 0.6) is 0 Å². The first-order chi connectivity index (χ1) is 26.9.